The van der Waals surface area contributed by atoms with Crippen LogP contribution in [0.4, 0.5) is 0 Å². The maximum absolute atomic E-state index is 9.99. The summed E-state index contributed by atoms with van der Waals surface area (Å²) in [7, 11) is 0. The summed E-state index contributed by atoms with van der Waals surface area (Å²) in [5.74, 6) is 0.405. The smallest absolute Gasteiger partial charge is 0.142 e. The molecule has 1 heterocycles. The molecule has 0 aromatic heterocycles. The molecule has 3 nitrogen and oxygen atoms in total. The lowest BCUT2D eigenvalue weighted by Crippen LogP contribution is -2.48. The quantitative estimate of drug-likeness (QED) is 0.610. The summed E-state index contributed by atoms with van der Waals surface area (Å²) in [6, 6.07) is 4.65. The second-order valence-electron chi connectivity index (χ2n) is 6.39. The van der Waals surface area contributed by atoms with Crippen molar-refractivity contribution in [1.29, 1.82) is 0 Å². The van der Waals surface area contributed by atoms with E-state index >= 15 is 0 Å². The van der Waals surface area contributed by atoms with Crippen LogP contribution < -0.4 is 5.32 Å². The SMILES string of the molecule is CC(C)(C)[C@@H](c1cc(I)c(O)c(I)c1)N1CCNCC1. The summed E-state index contributed by atoms with van der Waals surface area (Å²) >= 11 is 4.44. The average Bonchev–Trinajstić information content (AvgIpc) is 2.35. The van der Waals surface area contributed by atoms with Crippen molar-refractivity contribution in [3.63, 3.8) is 0 Å². The van der Waals surface area contributed by atoms with Gasteiger partial charge >= 0.3 is 0 Å². The molecule has 0 radical (unpaired) electrons. The second-order valence-corrected chi connectivity index (χ2v) is 8.71. The Morgan fingerprint density at radius 2 is 1.65 bits per heavy atom. The molecule has 0 unspecified atom stereocenters. The largest absolute Gasteiger partial charge is 0.506 e. The third kappa shape index (κ3) is 3.78. The van der Waals surface area contributed by atoms with E-state index in [1.165, 1.54) is 5.56 Å². The molecule has 2 N–H and O–H groups in total. The van der Waals surface area contributed by atoms with E-state index < -0.39 is 0 Å². The first-order valence-electron chi connectivity index (χ1n) is 6.93. The van der Waals surface area contributed by atoms with Gasteiger partial charge in [-0.2, -0.15) is 0 Å². The van der Waals surface area contributed by atoms with Crippen LogP contribution in [0.3, 0.4) is 0 Å². The van der Waals surface area contributed by atoms with E-state index in [9.17, 15) is 5.11 Å². The van der Waals surface area contributed by atoms with E-state index in [1.807, 2.05) is 0 Å². The Bertz CT molecular complexity index is 456. The van der Waals surface area contributed by atoms with E-state index in [1.54, 1.807) is 0 Å². The number of hydrogen-bond acceptors (Lipinski definition) is 3. The highest BCUT2D eigenvalue weighted by Crippen LogP contribution is 2.40. The van der Waals surface area contributed by atoms with Gasteiger partial charge in [-0.15, -0.1) is 0 Å². The summed E-state index contributed by atoms with van der Waals surface area (Å²) in [6.07, 6.45) is 0. The van der Waals surface area contributed by atoms with Crippen LogP contribution in [-0.4, -0.2) is 36.2 Å². The van der Waals surface area contributed by atoms with Crippen LogP contribution in [0, 0.1) is 12.6 Å². The van der Waals surface area contributed by atoms with Crippen LogP contribution in [0.5, 0.6) is 5.75 Å². The number of phenols is 1. The van der Waals surface area contributed by atoms with E-state index in [-0.39, 0.29) is 5.41 Å². The molecular weight excluding hydrogens is 478 g/mol. The number of halogens is 2. The van der Waals surface area contributed by atoms with Gasteiger partial charge in [-0.05, 0) is 68.3 Å². The van der Waals surface area contributed by atoms with Gasteiger partial charge in [-0.1, -0.05) is 20.8 Å². The minimum Gasteiger partial charge on any atom is -0.506 e. The molecule has 112 valence electrons. The predicted octanol–water partition coefficient (Wildman–Crippen LogP) is 3.59. The molecule has 1 aliphatic heterocycles. The highest BCUT2D eigenvalue weighted by molar-refractivity contribution is 14.1. The monoisotopic (exact) mass is 500 g/mol. The van der Waals surface area contributed by atoms with Crippen molar-refractivity contribution in [2.75, 3.05) is 26.2 Å². The molecule has 1 saturated heterocycles. The highest BCUT2D eigenvalue weighted by Gasteiger charge is 2.33. The lowest BCUT2D eigenvalue weighted by Gasteiger charge is -2.42. The predicted molar refractivity (Wildman–Crippen MR) is 100 cm³/mol. The zero-order valence-corrected chi connectivity index (χ0v) is 16.5. The zero-order chi connectivity index (χ0) is 14.9. The Morgan fingerprint density at radius 3 is 2.10 bits per heavy atom. The van der Waals surface area contributed by atoms with Gasteiger partial charge in [0, 0.05) is 32.2 Å². The van der Waals surface area contributed by atoms with Gasteiger partial charge in [0.05, 0.1) is 7.14 Å². The van der Waals surface area contributed by atoms with Gasteiger partial charge in [0.2, 0.25) is 0 Å². The minimum atomic E-state index is 0.167. The lowest BCUT2D eigenvalue weighted by atomic mass is 9.81. The van der Waals surface area contributed by atoms with Crippen molar-refractivity contribution in [1.82, 2.24) is 10.2 Å². The number of nitrogens with zero attached hydrogens (tertiary/aromatic N) is 1. The van der Waals surface area contributed by atoms with Crippen molar-refractivity contribution in [2.45, 2.75) is 26.8 Å². The van der Waals surface area contributed by atoms with Crippen LogP contribution in [-0.2, 0) is 0 Å². The van der Waals surface area contributed by atoms with Gasteiger partial charge in [0.25, 0.3) is 0 Å². The molecule has 0 amide bonds. The van der Waals surface area contributed by atoms with Crippen molar-refractivity contribution < 1.29 is 5.11 Å². The Labute approximate surface area is 148 Å². The van der Waals surface area contributed by atoms with Crippen LogP contribution in [0.25, 0.3) is 0 Å². The molecule has 1 fully saturated rings. The first-order chi connectivity index (χ1) is 9.30. The number of piperazine rings is 1. The van der Waals surface area contributed by atoms with E-state index in [4.69, 9.17) is 0 Å². The van der Waals surface area contributed by atoms with Crippen LogP contribution in [0.15, 0.2) is 12.1 Å². The van der Waals surface area contributed by atoms with Gasteiger partial charge < -0.3 is 10.4 Å². The average molecular weight is 500 g/mol. The van der Waals surface area contributed by atoms with Crippen LogP contribution >= 0.6 is 45.2 Å². The summed E-state index contributed by atoms with van der Waals surface area (Å²) in [4.78, 5) is 2.56. The van der Waals surface area contributed by atoms with E-state index in [2.05, 4.69) is 88.3 Å². The van der Waals surface area contributed by atoms with Gasteiger partial charge in [-0.25, -0.2) is 0 Å². The summed E-state index contributed by atoms with van der Waals surface area (Å²) in [5, 5.41) is 13.4. The molecular formula is C15H22I2N2O. The topological polar surface area (TPSA) is 35.5 Å². The number of hydrogen-bond donors (Lipinski definition) is 2. The van der Waals surface area contributed by atoms with Crippen molar-refractivity contribution in [3.8, 4) is 5.75 Å². The summed E-state index contributed by atoms with van der Waals surface area (Å²) in [5.41, 5.74) is 1.48. The molecule has 1 aliphatic rings. The Morgan fingerprint density at radius 1 is 1.15 bits per heavy atom. The molecule has 2 rings (SSSR count). The molecule has 0 aliphatic carbocycles. The number of rotatable bonds is 2. The molecule has 0 bridgehead atoms. The molecule has 20 heavy (non-hydrogen) atoms. The maximum atomic E-state index is 9.99. The summed E-state index contributed by atoms with van der Waals surface area (Å²) in [6.45, 7) is 11.2. The second kappa shape index (κ2) is 6.66. The Kier molecular flexibility index (Phi) is 5.58. The number of aromatic hydroxyl groups is 1. The highest BCUT2D eigenvalue weighted by atomic mass is 127. The maximum Gasteiger partial charge on any atom is 0.142 e. The Balaban J connectivity index is 2.41. The molecule has 0 saturated carbocycles. The van der Waals surface area contributed by atoms with Gasteiger partial charge in [0.1, 0.15) is 5.75 Å². The fourth-order valence-electron chi connectivity index (χ4n) is 2.94. The number of phenolic OH excluding ortho intramolecular Hbond substituents is 1. The standard InChI is InChI=1S/C15H22I2N2O/c1-15(2,3)14(19-6-4-18-5-7-19)10-8-11(16)13(20)12(17)9-10/h8-9,14,18,20H,4-7H2,1-3H3/t14-/m1/s1. The molecule has 0 spiro atoms. The third-order valence-corrected chi connectivity index (χ3v) is 5.34. The van der Waals surface area contributed by atoms with Crippen molar-refractivity contribution in [3.05, 3.63) is 24.8 Å². The molecule has 5 heteroatoms. The normalized spacial score (nSPS) is 19.1. The van der Waals surface area contributed by atoms with E-state index in [0.717, 1.165) is 33.3 Å². The number of benzene rings is 1. The first-order valence-corrected chi connectivity index (χ1v) is 9.09. The fraction of sp³-hybridized carbons (Fsp3) is 0.600. The fourth-order valence-corrected chi connectivity index (χ4v) is 4.76. The Hall–Kier alpha value is 0.400. The van der Waals surface area contributed by atoms with E-state index in [0.29, 0.717) is 11.8 Å². The lowest BCUT2D eigenvalue weighted by molar-refractivity contribution is 0.0861. The van der Waals surface area contributed by atoms with Gasteiger partial charge in [-0.3, -0.25) is 4.90 Å². The van der Waals surface area contributed by atoms with Gasteiger partial charge in [0.15, 0.2) is 0 Å². The summed E-state index contributed by atoms with van der Waals surface area (Å²) < 4.78 is 1.88. The third-order valence-electron chi connectivity index (χ3n) is 3.69. The van der Waals surface area contributed by atoms with Crippen LogP contribution in [0.2, 0.25) is 0 Å². The number of nitrogens with one attached hydrogen (secondary N) is 1. The first kappa shape index (κ1) is 16.8. The molecule has 1 aromatic rings. The molecule has 1 aromatic carbocycles. The zero-order valence-electron chi connectivity index (χ0n) is 12.2. The molecule has 1 atom stereocenters. The minimum absolute atomic E-state index is 0.167. The van der Waals surface area contributed by atoms with Crippen molar-refractivity contribution in [2.24, 2.45) is 5.41 Å². The van der Waals surface area contributed by atoms with Crippen LogP contribution in [0.1, 0.15) is 32.4 Å². The van der Waals surface area contributed by atoms with Crippen molar-refractivity contribution >= 4 is 45.2 Å².